The molecule has 0 aliphatic carbocycles. The second kappa shape index (κ2) is 8.35. The molecule has 1 rings (SSSR count). The molecule has 0 bridgehead atoms. The minimum atomic E-state index is -0.200. The average molecular weight is 296 g/mol. The lowest BCUT2D eigenvalue weighted by molar-refractivity contribution is 0.202. The molecule has 21 heavy (non-hydrogen) atoms. The van der Waals surface area contributed by atoms with E-state index in [9.17, 15) is 4.39 Å². The van der Waals surface area contributed by atoms with Crippen LogP contribution in [0.2, 0.25) is 0 Å². The Hall–Kier alpha value is -1.13. The number of hydrogen-bond acceptors (Lipinski definition) is 3. The zero-order valence-corrected chi connectivity index (χ0v) is 13.9. The van der Waals surface area contributed by atoms with Crippen molar-refractivity contribution in [3.8, 4) is 0 Å². The van der Waals surface area contributed by atoms with Crippen molar-refractivity contribution in [3.05, 3.63) is 29.1 Å². The van der Waals surface area contributed by atoms with E-state index in [1.807, 2.05) is 13.0 Å². The van der Waals surface area contributed by atoms with Crippen molar-refractivity contribution in [1.29, 1.82) is 0 Å². The van der Waals surface area contributed by atoms with Gasteiger partial charge < -0.3 is 15.4 Å². The summed E-state index contributed by atoms with van der Waals surface area (Å²) in [6.45, 7) is 9.48. The topological polar surface area (TPSA) is 38.5 Å². The summed E-state index contributed by atoms with van der Waals surface area (Å²) in [6, 6.07) is 3.71. The maximum atomic E-state index is 13.9. The van der Waals surface area contributed by atoms with Gasteiger partial charge in [-0.3, -0.25) is 0 Å². The lowest BCUT2D eigenvalue weighted by Gasteiger charge is -2.35. The third-order valence-corrected chi connectivity index (χ3v) is 4.03. The molecule has 0 radical (unpaired) electrons. The van der Waals surface area contributed by atoms with Crippen LogP contribution in [-0.2, 0) is 4.74 Å². The summed E-state index contributed by atoms with van der Waals surface area (Å²) in [7, 11) is 1.70. The zero-order chi connectivity index (χ0) is 16.0. The Morgan fingerprint density at radius 1 is 1.29 bits per heavy atom. The summed E-state index contributed by atoms with van der Waals surface area (Å²) in [4.78, 5) is 2.31. The molecule has 2 N–H and O–H groups in total. The minimum Gasteiger partial charge on any atom is -0.383 e. The van der Waals surface area contributed by atoms with E-state index in [1.54, 1.807) is 20.1 Å². The normalized spacial score (nSPS) is 12.8. The fraction of sp³-hybridized carbons (Fsp3) is 0.647. The number of ether oxygens (including phenoxy) is 1. The Kier molecular flexibility index (Phi) is 7.12. The van der Waals surface area contributed by atoms with Crippen molar-refractivity contribution < 1.29 is 9.13 Å². The Bertz CT molecular complexity index is 445. The van der Waals surface area contributed by atoms with Crippen LogP contribution in [0.15, 0.2) is 12.1 Å². The lowest BCUT2D eigenvalue weighted by atomic mass is 10.00. The number of anilines is 1. The summed E-state index contributed by atoms with van der Waals surface area (Å²) in [6.07, 6.45) is 2.07. The van der Waals surface area contributed by atoms with Gasteiger partial charge in [0.05, 0.1) is 6.61 Å². The number of aryl methyl sites for hydroxylation is 1. The Labute approximate surface area is 128 Å². The predicted molar refractivity (Wildman–Crippen MR) is 87.3 cm³/mol. The molecule has 120 valence electrons. The molecule has 1 atom stereocenters. The highest BCUT2D eigenvalue weighted by atomic mass is 19.1. The predicted octanol–water partition coefficient (Wildman–Crippen LogP) is 3.80. The van der Waals surface area contributed by atoms with Crippen molar-refractivity contribution in [2.45, 2.75) is 52.6 Å². The van der Waals surface area contributed by atoms with E-state index in [2.05, 4.69) is 18.7 Å². The van der Waals surface area contributed by atoms with Crippen molar-refractivity contribution >= 4 is 5.69 Å². The first kappa shape index (κ1) is 17.9. The number of benzene rings is 1. The smallest absolute Gasteiger partial charge is 0.126 e. The molecular weight excluding hydrogens is 267 g/mol. The van der Waals surface area contributed by atoms with Crippen molar-refractivity contribution in [3.63, 3.8) is 0 Å². The van der Waals surface area contributed by atoms with Crippen LogP contribution < -0.4 is 10.6 Å². The molecule has 1 unspecified atom stereocenters. The van der Waals surface area contributed by atoms with Crippen LogP contribution in [0, 0.1) is 12.7 Å². The molecule has 4 heteroatoms. The van der Waals surface area contributed by atoms with E-state index in [0.29, 0.717) is 18.2 Å². The van der Waals surface area contributed by atoms with E-state index in [0.717, 1.165) is 30.6 Å². The highest BCUT2D eigenvalue weighted by Gasteiger charge is 2.21. The molecule has 0 aromatic heterocycles. The largest absolute Gasteiger partial charge is 0.383 e. The average Bonchev–Trinajstić information content (AvgIpc) is 2.46. The third kappa shape index (κ3) is 4.42. The van der Waals surface area contributed by atoms with Gasteiger partial charge in [0.25, 0.3) is 0 Å². The lowest BCUT2D eigenvalue weighted by Crippen LogP contribution is -2.38. The highest BCUT2D eigenvalue weighted by molar-refractivity contribution is 5.58. The number of nitrogens with zero attached hydrogens (tertiary/aromatic N) is 1. The molecule has 1 aromatic rings. The van der Waals surface area contributed by atoms with E-state index < -0.39 is 0 Å². The van der Waals surface area contributed by atoms with E-state index >= 15 is 0 Å². The Morgan fingerprint density at radius 3 is 2.38 bits per heavy atom. The number of nitrogens with two attached hydrogens (primary N) is 1. The van der Waals surface area contributed by atoms with Gasteiger partial charge in [0.15, 0.2) is 0 Å². The molecule has 0 aliphatic heterocycles. The molecular formula is C17H29FN2O. The van der Waals surface area contributed by atoms with E-state index in [-0.39, 0.29) is 11.9 Å². The minimum absolute atomic E-state index is 0.192. The van der Waals surface area contributed by atoms with Crippen LogP contribution in [0.4, 0.5) is 10.1 Å². The molecule has 0 spiro atoms. The van der Waals surface area contributed by atoms with Crippen molar-refractivity contribution in [2.75, 3.05) is 25.2 Å². The summed E-state index contributed by atoms with van der Waals surface area (Å²) in [5, 5.41) is 0. The van der Waals surface area contributed by atoms with Crippen molar-refractivity contribution in [1.82, 2.24) is 0 Å². The SMILES string of the molecule is CCC(CC)N(CCOC)c1cc(C)c(F)cc1C(C)N. The zero-order valence-electron chi connectivity index (χ0n) is 13.9. The van der Waals surface area contributed by atoms with Crippen molar-refractivity contribution in [2.24, 2.45) is 5.73 Å². The van der Waals surface area contributed by atoms with Gasteiger partial charge in [-0.2, -0.15) is 0 Å². The summed E-state index contributed by atoms with van der Waals surface area (Å²) < 4.78 is 19.1. The number of methoxy groups -OCH3 is 1. The van der Waals surface area contributed by atoms with Gasteiger partial charge in [0, 0.05) is 31.4 Å². The first-order valence-electron chi connectivity index (χ1n) is 7.77. The van der Waals surface area contributed by atoms with Crippen LogP contribution in [-0.4, -0.2) is 26.3 Å². The van der Waals surface area contributed by atoms with Gasteiger partial charge in [0.1, 0.15) is 5.82 Å². The summed E-state index contributed by atoms with van der Waals surface area (Å²) in [5.41, 5.74) is 8.61. The fourth-order valence-corrected chi connectivity index (χ4v) is 2.71. The maximum Gasteiger partial charge on any atom is 0.126 e. The fourth-order valence-electron chi connectivity index (χ4n) is 2.71. The molecule has 0 saturated carbocycles. The molecule has 0 heterocycles. The van der Waals surface area contributed by atoms with Gasteiger partial charge in [0.2, 0.25) is 0 Å². The first-order valence-corrected chi connectivity index (χ1v) is 7.77. The van der Waals surface area contributed by atoms with E-state index in [1.165, 1.54) is 0 Å². The van der Waals surface area contributed by atoms with Gasteiger partial charge >= 0.3 is 0 Å². The molecule has 0 saturated heterocycles. The molecule has 0 amide bonds. The molecule has 0 fully saturated rings. The molecule has 1 aromatic carbocycles. The van der Waals surface area contributed by atoms with Gasteiger partial charge in [-0.25, -0.2) is 4.39 Å². The molecule has 3 nitrogen and oxygen atoms in total. The number of hydrogen-bond donors (Lipinski definition) is 1. The van der Waals surface area contributed by atoms with E-state index in [4.69, 9.17) is 10.5 Å². The Balaban J connectivity index is 3.30. The van der Waals surface area contributed by atoms with Crippen LogP contribution >= 0.6 is 0 Å². The first-order chi connectivity index (χ1) is 9.96. The summed E-state index contributed by atoms with van der Waals surface area (Å²) >= 11 is 0. The summed E-state index contributed by atoms with van der Waals surface area (Å²) in [5.74, 6) is -0.192. The number of halogens is 1. The second-order valence-electron chi connectivity index (χ2n) is 5.61. The highest BCUT2D eigenvalue weighted by Crippen LogP contribution is 2.31. The van der Waals surface area contributed by atoms with Crippen LogP contribution in [0.1, 0.15) is 50.8 Å². The van der Waals surface area contributed by atoms with Crippen LogP contribution in [0.25, 0.3) is 0 Å². The van der Waals surface area contributed by atoms with Crippen LogP contribution in [0.3, 0.4) is 0 Å². The third-order valence-electron chi connectivity index (χ3n) is 4.03. The van der Waals surface area contributed by atoms with Gasteiger partial charge in [-0.15, -0.1) is 0 Å². The van der Waals surface area contributed by atoms with Gasteiger partial charge in [-0.05, 0) is 49.9 Å². The standard InChI is InChI=1S/C17H29FN2O/c1-6-14(7-2)20(8-9-21-5)17-10-12(3)16(18)11-15(17)13(4)19/h10-11,13-14H,6-9,19H2,1-5H3. The quantitative estimate of drug-likeness (QED) is 0.793. The Morgan fingerprint density at radius 2 is 1.90 bits per heavy atom. The second-order valence-corrected chi connectivity index (χ2v) is 5.61. The monoisotopic (exact) mass is 296 g/mol. The van der Waals surface area contributed by atoms with Crippen LogP contribution in [0.5, 0.6) is 0 Å². The number of rotatable bonds is 8. The maximum absolute atomic E-state index is 13.9. The van der Waals surface area contributed by atoms with Gasteiger partial charge in [-0.1, -0.05) is 13.8 Å². The molecule has 0 aliphatic rings.